The summed E-state index contributed by atoms with van der Waals surface area (Å²) < 4.78 is 5.14. The molecular formula is C14H23N7O6. The molecule has 13 nitrogen and oxygen atoms in total. The molecule has 1 aliphatic heterocycles. The van der Waals surface area contributed by atoms with Gasteiger partial charge in [-0.15, -0.1) is 0 Å². The van der Waals surface area contributed by atoms with Crippen molar-refractivity contribution in [1.29, 1.82) is 0 Å². The second kappa shape index (κ2) is 9.14. The van der Waals surface area contributed by atoms with Gasteiger partial charge < -0.3 is 41.3 Å². The van der Waals surface area contributed by atoms with Gasteiger partial charge in [-0.1, -0.05) is 0 Å². The number of aliphatic hydroxyl groups is 1. The summed E-state index contributed by atoms with van der Waals surface area (Å²) >= 11 is 0. The van der Waals surface area contributed by atoms with Crippen LogP contribution in [-0.4, -0.2) is 76.6 Å². The quantitative estimate of drug-likeness (QED) is 0.279. The molecule has 27 heavy (non-hydrogen) atoms. The molecule has 2 heterocycles. The number of aromatic nitrogens is 2. The largest absolute Gasteiger partial charge is 0.480 e. The van der Waals surface area contributed by atoms with Gasteiger partial charge >= 0.3 is 12.0 Å². The number of aliphatic carboxylic acids is 1. The van der Waals surface area contributed by atoms with Crippen LogP contribution in [0.2, 0.25) is 0 Å². The molecule has 0 aromatic carbocycles. The van der Waals surface area contributed by atoms with E-state index in [0.29, 0.717) is 19.0 Å². The van der Waals surface area contributed by atoms with Crippen molar-refractivity contribution in [2.45, 2.75) is 31.5 Å². The molecule has 2 unspecified atom stereocenters. The van der Waals surface area contributed by atoms with Gasteiger partial charge in [-0.2, -0.15) is 4.98 Å². The number of rotatable bonds is 8. The summed E-state index contributed by atoms with van der Waals surface area (Å²) in [6, 6.07) is -3.51. The third-order valence-electron chi connectivity index (χ3n) is 3.87. The second-order valence-corrected chi connectivity index (χ2v) is 6.07. The molecule has 0 aliphatic carbocycles. The van der Waals surface area contributed by atoms with Crippen LogP contribution in [0.3, 0.4) is 0 Å². The number of hydrogen-bond acceptors (Lipinski definition) is 9. The van der Waals surface area contributed by atoms with Crippen LogP contribution in [0, 0.1) is 0 Å². The van der Waals surface area contributed by atoms with Crippen LogP contribution in [0.5, 0.6) is 0 Å². The molecule has 3 amide bonds. The molecule has 1 fully saturated rings. The molecule has 1 aliphatic rings. The van der Waals surface area contributed by atoms with Crippen molar-refractivity contribution in [3.63, 3.8) is 0 Å². The lowest BCUT2D eigenvalue weighted by atomic mass is 10.2. The first-order valence-corrected chi connectivity index (χ1v) is 8.33. The third kappa shape index (κ3) is 5.79. The number of urea groups is 1. The third-order valence-corrected chi connectivity index (χ3v) is 3.87. The number of carbonyl (C=O) groups is 3. The first kappa shape index (κ1) is 20.4. The van der Waals surface area contributed by atoms with E-state index in [1.54, 1.807) is 0 Å². The van der Waals surface area contributed by atoms with Crippen molar-refractivity contribution >= 4 is 23.9 Å². The van der Waals surface area contributed by atoms with Gasteiger partial charge in [0.2, 0.25) is 5.91 Å². The van der Waals surface area contributed by atoms with Gasteiger partial charge in [-0.05, 0) is 12.1 Å². The molecule has 0 bridgehead atoms. The maximum Gasteiger partial charge on any atom is 0.328 e. The van der Waals surface area contributed by atoms with E-state index in [9.17, 15) is 19.5 Å². The van der Waals surface area contributed by atoms with E-state index in [0.717, 1.165) is 13.1 Å². The van der Waals surface area contributed by atoms with Crippen molar-refractivity contribution in [2.24, 2.45) is 5.73 Å². The Morgan fingerprint density at radius 3 is 2.56 bits per heavy atom. The molecule has 3 atom stereocenters. The van der Waals surface area contributed by atoms with Gasteiger partial charge in [0.15, 0.2) is 6.04 Å². The fourth-order valence-corrected chi connectivity index (χ4v) is 2.49. The van der Waals surface area contributed by atoms with Crippen LogP contribution >= 0.6 is 0 Å². The summed E-state index contributed by atoms with van der Waals surface area (Å²) in [5, 5.41) is 29.9. The zero-order valence-corrected chi connectivity index (χ0v) is 14.7. The number of nitrogens with one attached hydrogen (secondary N) is 3. The molecular weight excluding hydrogens is 362 g/mol. The van der Waals surface area contributed by atoms with Gasteiger partial charge in [-0.25, -0.2) is 9.59 Å². The van der Waals surface area contributed by atoms with E-state index >= 15 is 0 Å². The zero-order valence-electron chi connectivity index (χ0n) is 14.7. The number of aliphatic hydroxyl groups excluding tert-OH is 1. The van der Waals surface area contributed by atoms with Crippen molar-refractivity contribution in [3.05, 3.63) is 5.89 Å². The van der Waals surface area contributed by atoms with Gasteiger partial charge in [-0.3, -0.25) is 4.79 Å². The molecule has 0 saturated carbocycles. The molecule has 0 radical (unpaired) electrons. The normalized spacial score (nSPS) is 17.6. The lowest BCUT2D eigenvalue weighted by Gasteiger charge is -2.25. The van der Waals surface area contributed by atoms with Crippen LogP contribution in [-0.2, 0) is 9.59 Å². The predicted molar refractivity (Wildman–Crippen MR) is 90.7 cm³/mol. The number of piperazine rings is 1. The Bertz CT molecular complexity index is 673. The summed E-state index contributed by atoms with van der Waals surface area (Å²) in [6.45, 7) is 4.07. The number of carboxylic acids is 1. The van der Waals surface area contributed by atoms with Crippen molar-refractivity contribution in [1.82, 2.24) is 26.1 Å². The number of carbonyl (C=O) groups excluding carboxylic acids is 2. The molecule has 13 heteroatoms. The van der Waals surface area contributed by atoms with E-state index in [1.807, 2.05) is 4.90 Å². The molecule has 7 N–H and O–H groups in total. The summed E-state index contributed by atoms with van der Waals surface area (Å²) in [7, 11) is 0. The van der Waals surface area contributed by atoms with E-state index in [1.165, 1.54) is 6.92 Å². The number of primary amides is 1. The average Bonchev–Trinajstić information content (AvgIpc) is 3.09. The molecule has 1 aromatic heterocycles. The van der Waals surface area contributed by atoms with Crippen LogP contribution in [0.15, 0.2) is 4.52 Å². The Morgan fingerprint density at radius 2 is 2.00 bits per heavy atom. The Labute approximate surface area is 154 Å². The summed E-state index contributed by atoms with van der Waals surface area (Å²) in [5.41, 5.74) is 5.20. The highest BCUT2D eigenvalue weighted by molar-refractivity contribution is 5.83. The van der Waals surface area contributed by atoms with Gasteiger partial charge in [0.1, 0.15) is 6.04 Å². The fraction of sp³-hybridized carbons (Fsp3) is 0.643. The summed E-state index contributed by atoms with van der Waals surface area (Å²) in [4.78, 5) is 40.5. The van der Waals surface area contributed by atoms with Gasteiger partial charge in [0, 0.05) is 26.2 Å². The smallest absolute Gasteiger partial charge is 0.328 e. The van der Waals surface area contributed by atoms with Crippen LogP contribution < -0.4 is 26.6 Å². The summed E-state index contributed by atoms with van der Waals surface area (Å²) in [6.07, 6.45) is -1.66. The van der Waals surface area contributed by atoms with Gasteiger partial charge in [0.05, 0.1) is 12.5 Å². The zero-order chi connectivity index (χ0) is 20.0. The highest BCUT2D eigenvalue weighted by atomic mass is 16.5. The molecule has 0 spiro atoms. The van der Waals surface area contributed by atoms with E-state index in [2.05, 4.69) is 26.1 Å². The number of amides is 3. The fourth-order valence-electron chi connectivity index (χ4n) is 2.49. The number of nitrogens with zero attached hydrogens (tertiary/aromatic N) is 3. The first-order chi connectivity index (χ1) is 12.8. The molecule has 150 valence electrons. The van der Waals surface area contributed by atoms with Crippen molar-refractivity contribution < 1.29 is 29.1 Å². The maximum absolute atomic E-state index is 12.1. The Morgan fingerprint density at radius 1 is 1.33 bits per heavy atom. The average molecular weight is 385 g/mol. The van der Waals surface area contributed by atoms with E-state index in [-0.39, 0.29) is 12.3 Å². The number of hydrogen-bond donors (Lipinski definition) is 6. The standard InChI is InChI=1S/C14H23N7O6/c1-7(22)10(12(24)25)18-14(26)17-8(6-9(15)23)11-19-13(20-27-11)21-4-2-16-3-5-21/h7-8,10,16,22H,2-6H2,1H3,(H2,15,23)(H,24,25)(H2,17,18,26)/t7?,8-,10?/m0/s1. The monoisotopic (exact) mass is 385 g/mol. The lowest BCUT2D eigenvalue weighted by molar-refractivity contribution is -0.141. The number of anilines is 1. The molecule has 2 rings (SSSR count). The Balaban J connectivity index is 2.08. The van der Waals surface area contributed by atoms with Crippen molar-refractivity contribution in [2.75, 3.05) is 31.1 Å². The summed E-state index contributed by atoms with van der Waals surface area (Å²) in [5.74, 6) is -1.87. The highest BCUT2D eigenvalue weighted by Crippen LogP contribution is 2.18. The van der Waals surface area contributed by atoms with E-state index < -0.39 is 36.1 Å². The minimum atomic E-state index is -1.53. The first-order valence-electron chi connectivity index (χ1n) is 8.33. The minimum absolute atomic E-state index is 0.0404. The highest BCUT2D eigenvalue weighted by Gasteiger charge is 2.29. The Kier molecular flexibility index (Phi) is 6.90. The van der Waals surface area contributed by atoms with Crippen LogP contribution in [0.25, 0.3) is 0 Å². The SMILES string of the molecule is CC(O)C(NC(=O)N[C@@H](CC(N)=O)c1nc(N2CCNCC2)no1)C(=O)O. The van der Waals surface area contributed by atoms with E-state index in [4.69, 9.17) is 15.4 Å². The number of nitrogens with two attached hydrogens (primary N) is 1. The van der Waals surface area contributed by atoms with Crippen molar-refractivity contribution in [3.8, 4) is 0 Å². The van der Waals surface area contributed by atoms with Gasteiger partial charge in [0.25, 0.3) is 11.8 Å². The molecule has 1 saturated heterocycles. The Hall–Kier alpha value is -2.93. The second-order valence-electron chi connectivity index (χ2n) is 6.07. The topological polar surface area (TPSA) is 196 Å². The minimum Gasteiger partial charge on any atom is -0.480 e. The number of carboxylic acid groups (broad SMARTS) is 1. The lowest BCUT2D eigenvalue weighted by Crippen LogP contribution is -2.52. The maximum atomic E-state index is 12.1. The van der Waals surface area contributed by atoms with Crippen LogP contribution in [0.1, 0.15) is 25.3 Å². The predicted octanol–water partition coefficient (Wildman–Crippen LogP) is -2.47. The molecule has 1 aromatic rings. The van der Waals surface area contributed by atoms with Crippen LogP contribution in [0.4, 0.5) is 10.7 Å².